The van der Waals surface area contributed by atoms with Crippen molar-refractivity contribution in [2.24, 2.45) is 5.89 Å². The maximum absolute atomic E-state index is 12.7. The molecule has 6 heteroatoms. The minimum absolute atomic E-state index is 0.0527. The van der Waals surface area contributed by atoms with Crippen molar-refractivity contribution in [2.45, 2.75) is 56.5 Å². The van der Waals surface area contributed by atoms with Gasteiger partial charge in [0.05, 0.1) is 17.2 Å². The number of benzene rings is 2. The molecule has 0 atom stereocenters. The van der Waals surface area contributed by atoms with E-state index in [1.54, 1.807) is 24.4 Å². The molecule has 0 radical (unpaired) electrons. The van der Waals surface area contributed by atoms with E-state index in [2.05, 4.69) is 4.98 Å². The summed E-state index contributed by atoms with van der Waals surface area (Å²) in [4.78, 5) is 5.28. The Morgan fingerprint density at radius 3 is 2.56 bits per heavy atom. The zero-order valence-corrected chi connectivity index (χ0v) is 20.9. The van der Waals surface area contributed by atoms with E-state index in [0.29, 0.717) is 42.7 Å². The molecule has 3 heterocycles. The van der Waals surface area contributed by atoms with Crippen molar-refractivity contribution >= 4 is 9.84 Å². The van der Waals surface area contributed by atoms with Crippen molar-refractivity contribution in [1.82, 2.24) is 9.88 Å². The topological polar surface area (TPSA) is 59.5 Å². The molecule has 0 amide bonds. The van der Waals surface area contributed by atoms with E-state index in [1.807, 2.05) is 42.5 Å². The number of ether oxygens (including phenoxy) is 1. The fourth-order valence-corrected chi connectivity index (χ4v) is 6.47. The lowest BCUT2D eigenvalue weighted by molar-refractivity contribution is -0.0166. The average molecular weight is 514 g/mol. The number of hydrogen-bond donors (Lipinski definition) is 0. The molecule has 0 bridgehead atoms. The van der Waals surface area contributed by atoms with Crippen molar-refractivity contribution in [2.75, 3.05) is 19.6 Å². The molecule has 2 aliphatic heterocycles. The first kappa shape index (κ1) is 16.2. The Morgan fingerprint density at radius 1 is 1.06 bits per heavy atom. The van der Waals surface area contributed by atoms with E-state index in [4.69, 9.17) is 17.1 Å². The molecular weight excluding hydrogens is 468 g/mol. The van der Waals surface area contributed by atoms with Gasteiger partial charge in [-0.1, -0.05) is 50.1 Å². The normalized spacial score (nSPS) is 22.7. The SMILES string of the molecule is [2H]C([2H])([2H])C([2H])(C([2H])([2H])[2H])C([2H])([2H])N1CCC2(CCc3cc(-c4ccc(CS(=O)(=O)Cc5ccccn5)cc4)ccc3O2)CC1. The molecule has 1 saturated heterocycles. The summed E-state index contributed by atoms with van der Waals surface area (Å²) in [5.41, 5.74) is 3.49. The van der Waals surface area contributed by atoms with E-state index in [1.165, 1.54) is 4.90 Å². The summed E-state index contributed by atoms with van der Waals surface area (Å²) < 4.78 is 104. The molecule has 5 nitrogen and oxygen atoms in total. The Balaban J connectivity index is 1.24. The van der Waals surface area contributed by atoms with Crippen LogP contribution < -0.4 is 4.74 Å². The molecule has 2 aliphatic rings. The van der Waals surface area contributed by atoms with Gasteiger partial charge in [-0.15, -0.1) is 0 Å². The highest BCUT2D eigenvalue weighted by atomic mass is 32.2. The van der Waals surface area contributed by atoms with E-state index in [-0.39, 0.29) is 24.6 Å². The van der Waals surface area contributed by atoms with Crippen LogP contribution in [-0.4, -0.2) is 43.5 Å². The molecule has 1 aromatic heterocycles. The second-order valence-corrected chi connectivity index (χ2v) is 11.7. The number of likely N-dealkylation sites (tertiary alicyclic amines) is 1. The smallest absolute Gasteiger partial charge is 0.160 e. The fraction of sp³-hybridized carbons (Fsp3) is 0.433. The van der Waals surface area contributed by atoms with Gasteiger partial charge in [0.1, 0.15) is 11.4 Å². The summed E-state index contributed by atoms with van der Waals surface area (Å²) in [7, 11) is -3.39. The Labute approximate surface area is 228 Å². The summed E-state index contributed by atoms with van der Waals surface area (Å²) in [5, 5.41) is 0. The van der Waals surface area contributed by atoms with Gasteiger partial charge in [-0.3, -0.25) is 4.98 Å². The third kappa shape index (κ3) is 5.98. The Hall–Kier alpha value is -2.70. The number of pyridine rings is 1. The summed E-state index contributed by atoms with van der Waals surface area (Å²) >= 11 is 0. The highest BCUT2D eigenvalue weighted by Crippen LogP contribution is 2.41. The van der Waals surface area contributed by atoms with Crippen LogP contribution in [-0.2, 0) is 27.8 Å². The quantitative estimate of drug-likeness (QED) is 0.407. The summed E-state index contributed by atoms with van der Waals surface area (Å²) in [6.45, 7) is -9.56. The molecule has 2 aromatic carbocycles. The summed E-state index contributed by atoms with van der Waals surface area (Å²) in [6.07, 6.45) is 3.64. The first-order valence-electron chi connectivity index (χ1n) is 16.6. The van der Waals surface area contributed by atoms with Gasteiger partial charge in [0, 0.05) is 38.1 Å². The van der Waals surface area contributed by atoms with Gasteiger partial charge in [-0.25, -0.2) is 8.42 Å². The van der Waals surface area contributed by atoms with E-state index >= 15 is 0 Å². The monoisotopic (exact) mass is 513 g/mol. The molecular formula is C30H36N2O3S. The fourth-order valence-electron chi connectivity index (χ4n) is 5.04. The van der Waals surface area contributed by atoms with Gasteiger partial charge in [0.25, 0.3) is 0 Å². The van der Waals surface area contributed by atoms with Gasteiger partial charge in [0.2, 0.25) is 0 Å². The van der Waals surface area contributed by atoms with Gasteiger partial charge >= 0.3 is 0 Å². The minimum atomic E-state index is -3.39. The van der Waals surface area contributed by atoms with Crippen LogP contribution in [0.25, 0.3) is 11.1 Å². The lowest BCUT2D eigenvalue weighted by Crippen LogP contribution is -2.50. The minimum Gasteiger partial charge on any atom is -0.487 e. The zero-order chi connectivity index (χ0) is 32.9. The maximum Gasteiger partial charge on any atom is 0.160 e. The number of fused-ring (bicyclic) bond motifs is 1. The largest absolute Gasteiger partial charge is 0.487 e. The number of nitrogens with zero attached hydrogens (tertiary/aromatic N) is 2. The second kappa shape index (κ2) is 10.3. The molecule has 0 N–H and O–H groups in total. The third-order valence-corrected chi connectivity index (χ3v) is 8.46. The van der Waals surface area contributed by atoms with Crippen LogP contribution in [0.3, 0.4) is 0 Å². The molecule has 0 unspecified atom stereocenters. The Kier molecular flexibility index (Phi) is 4.66. The number of hydrogen-bond acceptors (Lipinski definition) is 5. The van der Waals surface area contributed by atoms with Crippen LogP contribution in [0.4, 0.5) is 0 Å². The molecule has 1 spiro atoms. The van der Waals surface area contributed by atoms with E-state index in [9.17, 15) is 8.42 Å². The van der Waals surface area contributed by atoms with Crippen molar-refractivity contribution in [3.05, 3.63) is 83.7 Å². The highest BCUT2D eigenvalue weighted by Gasteiger charge is 2.39. The average Bonchev–Trinajstić information content (AvgIpc) is 2.96. The van der Waals surface area contributed by atoms with Crippen molar-refractivity contribution < 1.29 is 25.5 Å². The number of rotatable bonds is 7. The van der Waals surface area contributed by atoms with Crippen molar-refractivity contribution in [3.63, 3.8) is 0 Å². The number of aromatic nitrogens is 1. The zero-order valence-electron chi connectivity index (χ0n) is 29.0. The van der Waals surface area contributed by atoms with Crippen molar-refractivity contribution in [1.29, 1.82) is 0 Å². The first-order valence-corrected chi connectivity index (χ1v) is 13.9. The Bertz CT molecular complexity index is 1610. The van der Waals surface area contributed by atoms with Crippen LogP contribution in [0.15, 0.2) is 66.9 Å². The van der Waals surface area contributed by atoms with Gasteiger partial charge < -0.3 is 9.64 Å². The van der Waals surface area contributed by atoms with Crippen LogP contribution in [0.1, 0.15) is 62.1 Å². The number of aryl methyl sites for hydroxylation is 1. The third-order valence-electron chi connectivity index (χ3n) is 6.95. The van der Waals surface area contributed by atoms with Crippen LogP contribution >= 0.6 is 0 Å². The van der Waals surface area contributed by atoms with Crippen molar-refractivity contribution in [3.8, 4) is 16.9 Å². The van der Waals surface area contributed by atoms with Crippen LogP contribution in [0.2, 0.25) is 0 Å². The van der Waals surface area contributed by atoms with E-state index < -0.39 is 41.5 Å². The van der Waals surface area contributed by atoms with Gasteiger partial charge in [-0.05, 0) is 78.1 Å². The molecule has 0 saturated carbocycles. The highest BCUT2D eigenvalue weighted by molar-refractivity contribution is 7.89. The second-order valence-electron chi connectivity index (χ2n) is 9.63. The standard InChI is InChI=1S/C30H36N2O3S/c1-23(2)20-32-17-14-30(15-18-32)13-12-27-19-26(10-11-29(27)35-30)25-8-6-24(7-9-25)21-36(33,34)22-28-5-3-4-16-31-28/h3-11,16,19,23H,12-15,17-18,20-22H2,1-2H3/i1D3,2D3,20D2,23D. The molecule has 190 valence electrons. The maximum atomic E-state index is 12.7. The van der Waals surface area contributed by atoms with Gasteiger partial charge in [-0.2, -0.15) is 0 Å². The molecule has 36 heavy (non-hydrogen) atoms. The number of sulfone groups is 1. The molecule has 0 aliphatic carbocycles. The lowest BCUT2D eigenvalue weighted by atomic mass is 9.82. The summed E-state index contributed by atoms with van der Waals surface area (Å²) in [6, 6.07) is 18.5. The predicted octanol–water partition coefficient (Wildman–Crippen LogP) is 5.68. The first-order chi connectivity index (χ1) is 20.9. The Morgan fingerprint density at radius 2 is 1.83 bits per heavy atom. The molecule has 1 fully saturated rings. The van der Waals surface area contributed by atoms with Crippen LogP contribution in [0.5, 0.6) is 5.75 Å². The molecule has 3 aromatic rings. The predicted molar refractivity (Wildman–Crippen MR) is 145 cm³/mol. The van der Waals surface area contributed by atoms with Crippen LogP contribution in [0, 0.1) is 5.89 Å². The number of piperidine rings is 1. The van der Waals surface area contributed by atoms with E-state index in [0.717, 1.165) is 16.7 Å². The lowest BCUT2D eigenvalue weighted by Gasteiger charge is -2.45. The molecule has 5 rings (SSSR count). The summed E-state index contributed by atoms with van der Waals surface area (Å²) in [5.74, 6) is -2.82. The van der Waals surface area contributed by atoms with Gasteiger partial charge in [0.15, 0.2) is 9.84 Å².